The van der Waals surface area contributed by atoms with Crippen LogP contribution < -0.4 is 5.32 Å². The van der Waals surface area contributed by atoms with Crippen LogP contribution in [0.1, 0.15) is 13.8 Å². The van der Waals surface area contributed by atoms with E-state index in [1.54, 1.807) is 12.4 Å². The van der Waals surface area contributed by atoms with Gasteiger partial charge in [-0.2, -0.15) is 0 Å². The maximum absolute atomic E-state index is 5.98. The summed E-state index contributed by atoms with van der Waals surface area (Å²) >= 11 is 9.44. The number of anilines is 1. The SMILES string of the molecule is CC(CBr)C(C)Nc1ccncc1Cl. The van der Waals surface area contributed by atoms with Gasteiger partial charge in [-0.05, 0) is 18.9 Å². The van der Waals surface area contributed by atoms with Gasteiger partial charge < -0.3 is 5.32 Å². The van der Waals surface area contributed by atoms with Crippen LogP contribution >= 0.6 is 27.5 Å². The third-order valence-electron chi connectivity index (χ3n) is 2.25. The number of nitrogens with zero attached hydrogens (tertiary/aromatic N) is 1. The summed E-state index contributed by atoms with van der Waals surface area (Å²) < 4.78 is 0. The number of halogens is 2. The summed E-state index contributed by atoms with van der Waals surface area (Å²) in [4.78, 5) is 3.94. The first kappa shape index (κ1) is 11.8. The van der Waals surface area contributed by atoms with Crippen LogP contribution in [-0.4, -0.2) is 16.4 Å². The molecule has 0 aliphatic heterocycles. The van der Waals surface area contributed by atoms with Gasteiger partial charge >= 0.3 is 0 Å². The van der Waals surface area contributed by atoms with Crippen molar-refractivity contribution < 1.29 is 0 Å². The van der Waals surface area contributed by atoms with Gasteiger partial charge in [0.05, 0.1) is 10.7 Å². The smallest absolute Gasteiger partial charge is 0.0820 e. The van der Waals surface area contributed by atoms with Crippen molar-refractivity contribution >= 4 is 33.2 Å². The Balaban J connectivity index is 2.64. The summed E-state index contributed by atoms with van der Waals surface area (Å²) in [6, 6.07) is 2.27. The second-order valence-corrected chi connectivity index (χ2v) is 4.47. The standard InChI is InChI=1S/C10H14BrClN2/c1-7(5-11)8(2)14-10-3-4-13-6-9(10)12/h3-4,6-8H,5H2,1-2H3,(H,13,14). The summed E-state index contributed by atoms with van der Waals surface area (Å²) in [5.74, 6) is 0.555. The molecule has 0 bridgehead atoms. The summed E-state index contributed by atoms with van der Waals surface area (Å²) in [5, 5.41) is 5.00. The van der Waals surface area contributed by atoms with Crippen LogP contribution in [0, 0.1) is 5.92 Å². The van der Waals surface area contributed by atoms with Crippen LogP contribution in [0.5, 0.6) is 0 Å². The first-order valence-corrected chi connectivity index (χ1v) is 6.07. The van der Waals surface area contributed by atoms with Crippen LogP contribution in [0.3, 0.4) is 0 Å². The molecule has 0 radical (unpaired) electrons. The molecule has 0 saturated heterocycles. The van der Waals surface area contributed by atoms with Crippen LogP contribution in [0.25, 0.3) is 0 Å². The predicted molar refractivity (Wildman–Crippen MR) is 65.3 cm³/mol. The molecule has 1 N–H and O–H groups in total. The third kappa shape index (κ3) is 3.14. The Bertz CT molecular complexity index is 293. The monoisotopic (exact) mass is 276 g/mol. The van der Waals surface area contributed by atoms with Crippen LogP contribution in [0.4, 0.5) is 5.69 Å². The minimum atomic E-state index is 0.384. The molecule has 0 amide bonds. The Labute approximate surface area is 98.2 Å². The Morgan fingerprint density at radius 3 is 2.86 bits per heavy atom. The second-order valence-electron chi connectivity index (χ2n) is 3.42. The minimum Gasteiger partial charge on any atom is -0.381 e. The van der Waals surface area contributed by atoms with E-state index in [2.05, 4.69) is 40.1 Å². The lowest BCUT2D eigenvalue weighted by atomic mass is 10.1. The minimum absolute atomic E-state index is 0.384. The lowest BCUT2D eigenvalue weighted by molar-refractivity contribution is 0.572. The first-order chi connectivity index (χ1) is 6.65. The molecule has 2 nitrogen and oxygen atoms in total. The van der Waals surface area contributed by atoms with Crippen molar-refractivity contribution in [3.8, 4) is 0 Å². The van der Waals surface area contributed by atoms with E-state index in [0.29, 0.717) is 17.0 Å². The number of alkyl halides is 1. The van der Waals surface area contributed by atoms with Crippen molar-refractivity contribution in [2.24, 2.45) is 5.92 Å². The number of hydrogen-bond donors (Lipinski definition) is 1. The molecular formula is C10H14BrClN2. The van der Waals surface area contributed by atoms with Gasteiger partial charge in [-0.15, -0.1) is 0 Å². The van der Waals surface area contributed by atoms with Gasteiger partial charge in [0.15, 0.2) is 0 Å². The highest BCUT2D eigenvalue weighted by Crippen LogP contribution is 2.21. The van der Waals surface area contributed by atoms with E-state index in [1.807, 2.05) is 6.07 Å². The molecule has 14 heavy (non-hydrogen) atoms. The molecule has 1 rings (SSSR count). The van der Waals surface area contributed by atoms with Gasteiger partial charge in [-0.1, -0.05) is 34.5 Å². The van der Waals surface area contributed by atoms with Crippen LogP contribution in [0.2, 0.25) is 5.02 Å². The van der Waals surface area contributed by atoms with Crippen molar-refractivity contribution in [1.29, 1.82) is 0 Å². The van der Waals surface area contributed by atoms with E-state index < -0.39 is 0 Å². The van der Waals surface area contributed by atoms with Gasteiger partial charge in [-0.25, -0.2) is 0 Å². The highest BCUT2D eigenvalue weighted by atomic mass is 79.9. The molecule has 0 fully saturated rings. The molecule has 0 aliphatic carbocycles. The fraction of sp³-hybridized carbons (Fsp3) is 0.500. The molecule has 0 spiro atoms. The Morgan fingerprint density at radius 2 is 2.29 bits per heavy atom. The van der Waals surface area contributed by atoms with E-state index in [1.165, 1.54) is 0 Å². The largest absolute Gasteiger partial charge is 0.381 e. The normalized spacial score (nSPS) is 14.9. The van der Waals surface area contributed by atoms with E-state index in [-0.39, 0.29) is 0 Å². The van der Waals surface area contributed by atoms with Gasteiger partial charge in [0.2, 0.25) is 0 Å². The number of nitrogens with one attached hydrogen (secondary N) is 1. The van der Waals surface area contributed by atoms with Crippen molar-refractivity contribution in [2.75, 3.05) is 10.6 Å². The zero-order valence-electron chi connectivity index (χ0n) is 8.30. The van der Waals surface area contributed by atoms with E-state index in [9.17, 15) is 0 Å². The summed E-state index contributed by atoms with van der Waals surface area (Å²) in [7, 11) is 0. The molecule has 1 aromatic heterocycles. The average molecular weight is 278 g/mol. The molecule has 0 saturated carbocycles. The maximum atomic E-state index is 5.98. The van der Waals surface area contributed by atoms with Gasteiger partial charge in [-0.3, -0.25) is 4.98 Å². The zero-order valence-corrected chi connectivity index (χ0v) is 10.6. The molecule has 1 heterocycles. The second kappa shape index (κ2) is 5.56. The molecule has 1 aromatic rings. The van der Waals surface area contributed by atoms with Crippen molar-refractivity contribution in [2.45, 2.75) is 19.9 Å². The molecular weight excluding hydrogens is 263 g/mol. The number of hydrogen-bond acceptors (Lipinski definition) is 2. The Kier molecular flexibility index (Phi) is 4.69. The summed E-state index contributed by atoms with van der Waals surface area (Å²) in [6.07, 6.45) is 3.38. The third-order valence-corrected chi connectivity index (χ3v) is 3.58. The molecule has 2 atom stereocenters. The molecule has 4 heteroatoms. The van der Waals surface area contributed by atoms with Crippen molar-refractivity contribution in [1.82, 2.24) is 4.98 Å². The van der Waals surface area contributed by atoms with E-state index in [0.717, 1.165) is 11.0 Å². The fourth-order valence-corrected chi connectivity index (χ4v) is 1.75. The number of aromatic nitrogens is 1. The van der Waals surface area contributed by atoms with Crippen molar-refractivity contribution in [3.05, 3.63) is 23.5 Å². The van der Waals surface area contributed by atoms with E-state index >= 15 is 0 Å². The maximum Gasteiger partial charge on any atom is 0.0820 e. The lowest BCUT2D eigenvalue weighted by Crippen LogP contribution is -2.24. The van der Waals surface area contributed by atoms with Crippen molar-refractivity contribution in [3.63, 3.8) is 0 Å². The van der Waals surface area contributed by atoms with Crippen LogP contribution in [0.15, 0.2) is 18.5 Å². The highest BCUT2D eigenvalue weighted by molar-refractivity contribution is 9.09. The Hall–Kier alpha value is -0.280. The molecule has 0 aromatic carbocycles. The first-order valence-electron chi connectivity index (χ1n) is 4.57. The predicted octanol–water partition coefficient (Wildman–Crippen LogP) is 3.57. The molecule has 2 unspecified atom stereocenters. The quantitative estimate of drug-likeness (QED) is 0.851. The van der Waals surface area contributed by atoms with Crippen LogP contribution in [-0.2, 0) is 0 Å². The number of pyridine rings is 1. The Morgan fingerprint density at radius 1 is 1.57 bits per heavy atom. The van der Waals surface area contributed by atoms with E-state index in [4.69, 9.17) is 11.6 Å². The number of rotatable bonds is 4. The molecule has 0 aliphatic rings. The van der Waals surface area contributed by atoms with Gasteiger partial charge in [0, 0.05) is 23.8 Å². The summed E-state index contributed by atoms with van der Waals surface area (Å²) in [5.41, 5.74) is 0.946. The molecule has 78 valence electrons. The zero-order chi connectivity index (χ0) is 10.6. The van der Waals surface area contributed by atoms with Gasteiger partial charge in [0.1, 0.15) is 0 Å². The van der Waals surface area contributed by atoms with Gasteiger partial charge in [0.25, 0.3) is 0 Å². The topological polar surface area (TPSA) is 24.9 Å². The fourth-order valence-electron chi connectivity index (χ4n) is 1.01. The lowest BCUT2D eigenvalue weighted by Gasteiger charge is -2.20. The highest BCUT2D eigenvalue weighted by Gasteiger charge is 2.11. The average Bonchev–Trinajstić information content (AvgIpc) is 2.20. The summed E-state index contributed by atoms with van der Waals surface area (Å²) in [6.45, 7) is 4.32.